The van der Waals surface area contributed by atoms with E-state index in [2.05, 4.69) is 30.0 Å². The molecule has 145 valence electrons. The number of hydrogen-bond donors (Lipinski definition) is 0. The average molecular weight is 444 g/mol. The third-order valence-corrected chi connectivity index (χ3v) is 4.20. The quantitative estimate of drug-likeness (QED) is 0.311. The predicted molar refractivity (Wildman–Crippen MR) is 115 cm³/mol. The van der Waals surface area contributed by atoms with Gasteiger partial charge < -0.3 is 5.32 Å². The van der Waals surface area contributed by atoms with Crippen molar-refractivity contribution in [2.75, 3.05) is 0 Å². The fourth-order valence-corrected chi connectivity index (χ4v) is 2.88. The summed E-state index contributed by atoms with van der Waals surface area (Å²) in [5.74, 6) is -0.0880. The van der Waals surface area contributed by atoms with Crippen molar-refractivity contribution in [3.05, 3.63) is 120 Å². The van der Waals surface area contributed by atoms with Gasteiger partial charge in [-0.1, -0.05) is 91.0 Å². The summed E-state index contributed by atoms with van der Waals surface area (Å²) in [6, 6.07) is 32.3. The van der Waals surface area contributed by atoms with Crippen LogP contribution in [0.2, 0.25) is 0 Å². The SMILES string of the molecule is O=C(c1ccccc1)c1cccc(-c2ccccc2[N-]c2ccccc2)n1.[Cl][Co+]. The van der Waals surface area contributed by atoms with Gasteiger partial charge in [-0.25, -0.2) is 4.98 Å². The van der Waals surface area contributed by atoms with Crippen molar-refractivity contribution >= 4 is 27.3 Å². The van der Waals surface area contributed by atoms with Crippen LogP contribution in [0.4, 0.5) is 11.4 Å². The van der Waals surface area contributed by atoms with E-state index in [0.717, 1.165) is 22.6 Å². The molecule has 0 saturated carbocycles. The first kappa shape index (κ1) is 20.8. The van der Waals surface area contributed by atoms with Gasteiger partial charge in [-0.05, 0) is 17.7 Å². The molecule has 29 heavy (non-hydrogen) atoms. The van der Waals surface area contributed by atoms with Crippen molar-refractivity contribution in [1.82, 2.24) is 4.98 Å². The Kier molecular flexibility index (Phi) is 7.58. The molecule has 0 radical (unpaired) electrons. The topological polar surface area (TPSA) is 44.1 Å². The molecule has 0 amide bonds. The normalized spacial score (nSPS) is 9.86. The van der Waals surface area contributed by atoms with Crippen LogP contribution >= 0.6 is 10.1 Å². The van der Waals surface area contributed by atoms with E-state index >= 15 is 0 Å². The Morgan fingerprint density at radius 1 is 0.724 bits per heavy atom. The van der Waals surface area contributed by atoms with Crippen LogP contribution in [-0.4, -0.2) is 10.8 Å². The zero-order valence-corrected chi connectivity index (χ0v) is 17.1. The third kappa shape index (κ3) is 5.33. The van der Waals surface area contributed by atoms with E-state index in [-0.39, 0.29) is 5.78 Å². The van der Waals surface area contributed by atoms with Gasteiger partial charge in [0.05, 0.1) is 5.69 Å². The molecule has 0 unspecified atom stereocenters. The molecule has 0 spiro atoms. The molecular formula is C24H17ClCoN2O. The Morgan fingerprint density at radius 2 is 1.34 bits per heavy atom. The van der Waals surface area contributed by atoms with E-state index < -0.39 is 0 Å². The molecule has 0 aliphatic rings. The van der Waals surface area contributed by atoms with Gasteiger partial charge in [-0.15, -0.1) is 11.4 Å². The summed E-state index contributed by atoms with van der Waals surface area (Å²) in [5, 5.41) is 4.73. The van der Waals surface area contributed by atoms with E-state index in [9.17, 15) is 4.79 Å². The van der Waals surface area contributed by atoms with Crippen molar-refractivity contribution in [1.29, 1.82) is 0 Å². The summed E-state index contributed by atoms with van der Waals surface area (Å²) in [6.07, 6.45) is 0. The van der Waals surface area contributed by atoms with Crippen molar-refractivity contribution in [2.24, 2.45) is 0 Å². The Balaban J connectivity index is 0.00000117. The molecule has 0 atom stereocenters. The second kappa shape index (κ2) is 10.6. The second-order valence-corrected chi connectivity index (χ2v) is 6.07. The minimum atomic E-state index is -0.0880. The van der Waals surface area contributed by atoms with Gasteiger partial charge in [-0.2, -0.15) is 0 Å². The molecule has 0 aliphatic carbocycles. The van der Waals surface area contributed by atoms with Crippen LogP contribution in [0.3, 0.4) is 0 Å². The first-order valence-electron chi connectivity index (χ1n) is 8.87. The first-order chi connectivity index (χ1) is 14.3. The fourth-order valence-electron chi connectivity index (χ4n) is 2.88. The van der Waals surface area contributed by atoms with E-state index in [4.69, 9.17) is 5.32 Å². The van der Waals surface area contributed by atoms with Crippen LogP contribution in [0.15, 0.2) is 103 Å². The number of carbonyl (C=O) groups excluding carboxylic acids is 1. The molecule has 0 N–H and O–H groups in total. The van der Waals surface area contributed by atoms with Crippen LogP contribution in [0.5, 0.6) is 0 Å². The predicted octanol–water partition coefficient (Wildman–Crippen LogP) is 7.00. The Hall–Kier alpha value is -2.92. The van der Waals surface area contributed by atoms with E-state index in [1.807, 2.05) is 84.9 Å². The number of carbonyl (C=O) groups is 1. The zero-order chi connectivity index (χ0) is 20.5. The minimum absolute atomic E-state index is 0.0880. The summed E-state index contributed by atoms with van der Waals surface area (Å²) in [7, 11) is 4.33. The number of ketones is 1. The molecular weight excluding hydrogens is 427 g/mol. The van der Waals surface area contributed by atoms with Crippen LogP contribution < -0.4 is 0 Å². The second-order valence-electron chi connectivity index (χ2n) is 6.07. The maximum atomic E-state index is 12.7. The molecule has 0 bridgehead atoms. The van der Waals surface area contributed by atoms with Crippen LogP contribution in [0.25, 0.3) is 16.6 Å². The van der Waals surface area contributed by atoms with Gasteiger partial charge in [0.25, 0.3) is 0 Å². The molecule has 3 nitrogen and oxygen atoms in total. The molecule has 5 heteroatoms. The third-order valence-electron chi connectivity index (χ3n) is 4.20. The number of hydrogen-bond acceptors (Lipinski definition) is 2. The molecule has 3 aromatic carbocycles. The molecule has 1 heterocycles. The van der Waals surface area contributed by atoms with Crippen LogP contribution in [0, 0.1) is 0 Å². The van der Waals surface area contributed by atoms with E-state index in [1.54, 1.807) is 18.2 Å². The number of aromatic nitrogens is 1. The van der Waals surface area contributed by atoms with E-state index in [1.165, 1.54) is 0 Å². The molecule has 0 fully saturated rings. The summed E-state index contributed by atoms with van der Waals surface area (Å²) in [6.45, 7) is 0. The van der Waals surface area contributed by atoms with Crippen molar-refractivity contribution in [2.45, 2.75) is 0 Å². The van der Waals surface area contributed by atoms with Crippen LogP contribution in [-0.2, 0) is 14.8 Å². The molecule has 4 rings (SSSR count). The molecule has 0 aliphatic heterocycles. The van der Waals surface area contributed by atoms with Crippen LogP contribution in [0.1, 0.15) is 16.1 Å². The number of benzene rings is 3. The van der Waals surface area contributed by atoms with Crippen molar-refractivity contribution in [3.63, 3.8) is 0 Å². The summed E-state index contributed by atoms with van der Waals surface area (Å²) in [4.78, 5) is 17.3. The standard InChI is InChI=1S/C24H17N2O.ClH.Co/c27-24(18-10-3-1-4-11-18)23-17-9-16-22(26-23)20-14-7-8-15-21(20)25-19-12-5-2-6-13-19;;/h1-17H;1H;/q-1;;+2/p-1. The number of nitrogens with zero attached hydrogens (tertiary/aromatic N) is 2. The fraction of sp³-hybridized carbons (Fsp3) is 0. The summed E-state index contributed by atoms with van der Waals surface area (Å²) >= 11 is 3.03. The van der Waals surface area contributed by atoms with Crippen molar-refractivity contribution in [3.8, 4) is 11.3 Å². The average Bonchev–Trinajstić information content (AvgIpc) is 2.82. The molecule has 1 aromatic heterocycles. The number of rotatable bonds is 5. The monoisotopic (exact) mass is 443 g/mol. The Labute approximate surface area is 182 Å². The van der Waals surface area contributed by atoms with E-state index in [0.29, 0.717) is 11.3 Å². The Morgan fingerprint density at radius 3 is 2.07 bits per heavy atom. The first-order valence-corrected chi connectivity index (χ1v) is 10.3. The number of pyridine rings is 1. The number of halogens is 1. The Bertz CT molecular complexity index is 1070. The summed E-state index contributed by atoms with van der Waals surface area (Å²) in [5.41, 5.74) is 4.37. The van der Waals surface area contributed by atoms with Gasteiger partial charge in [0.2, 0.25) is 5.78 Å². The van der Waals surface area contributed by atoms with Gasteiger partial charge in [-0.3, -0.25) is 4.79 Å². The van der Waals surface area contributed by atoms with Gasteiger partial charge in [0, 0.05) is 5.56 Å². The molecule has 0 saturated heterocycles. The number of para-hydroxylation sites is 2. The summed E-state index contributed by atoms with van der Waals surface area (Å²) < 4.78 is 0. The van der Waals surface area contributed by atoms with Gasteiger partial charge in [0.15, 0.2) is 0 Å². The van der Waals surface area contributed by atoms with Crippen molar-refractivity contribution < 1.29 is 19.6 Å². The molecule has 4 aromatic rings. The van der Waals surface area contributed by atoms with Gasteiger partial charge >= 0.3 is 25.0 Å². The zero-order valence-electron chi connectivity index (χ0n) is 15.3. The van der Waals surface area contributed by atoms with Gasteiger partial charge in [0.1, 0.15) is 5.69 Å². The maximum absolute atomic E-state index is 12.7.